The van der Waals surface area contributed by atoms with Crippen LogP contribution in [0.15, 0.2) is 41.5 Å². The monoisotopic (exact) mass is 287 g/mol. The lowest BCUT2D eigenvalue weighted by Gasteiger charge is -2.16. The Hall–Kier alpha value is -2.21. The Balaban J connectivity index is 1.85. The minimum atomic E-state index is -0.0764. The molecule has 0 aliphatic carbocycles. The van der Waals surface area contributed by atoms with E-state index in [1.165, 1.54) is 4.68 Å². The van der Waals surface area contributed by atoms with E-state index < -0.39 is 0 Å². The fraction of sp³-hybridized carbons (Fsp3) is 0.400. The van der Waals surface area contributed by atoms with Crippen LogP contribution in [0.4, 0.5) is 5.69 Å². The normalized spacial score (nSPS) is 10.6. The van der Waals surface area contributed by atoms with E-state index in [2.05, 4.69) is 15.4 Å². The van der Waals surface area contributed by atoms with E-state index >= 15 is 0 Å². The van der Waals surface area contributed by atoms with Gasteiger partial charge in [-0.25, -0.2) is 4.68 Å². The van der Waals surface area contributed by atoms with Gasteiger partial charge in [0.05, 0.1) is 24.1 Å². The summed E-state index contributed by atoms with van der Waals surface area (Å²) in [5, 5.41) is 7.45. The van der Waals surface area contributed by atoms with Crippen molar-refractivity contribution in [3.63, 3.8) is 0 Å². The van der Waals surface area contributed by atoms with Crippen molar-refractivity contribution in [2.24, 2.45) is 0 Å². The van der Waals surface area contributed by atoms with Gasteiger partial charge in [0, 0.05) is 38.9 Å². The smallest absolute Gasteiger partial charge is 0.268 e. The van der Waals surface area contributed by atoms with Crippen molar-refractivity contribution in [1.29, 1.82) is 0 Å². The maximum atomic E-state index is 12.0. The van der Waals surface area contributed by atoms with Gasteiger partial charge in [0.2, 0.25) is 0 Å². The molecule has 0 atom stereocenters. The van der Waals surface area contributed by atoms with Crippen LogP contribution in [0.25, 0.3) is 0 Å². The van der Waals surface area contributed by atoms with Gasteiger partial charge in [-0.2, -0.15) is 5.10 Å². The van der Waals surface area contributed by atoms with Gasteiger partial charge < -0.3 is 10.2 Å². The SMILES string of the molecule is CCN(C)c1cnn(CCNCc2ccccn2)c(=O)c1. The summed E-state index contributed by atoms with van der Waals surface area (Å²) in [4.78, 5) is 18.2. The van der Waals surface area contributed by atoms with Gasteiger partial charge >= 0.3 is 0 Å². The van der Waals surface area contributed by atoms with Gasteiger partial charge in [0.15, 0.2) is 0 Å². The highest BCUT2D eigenvalue weighted by Gasteiger charge is 2.03. The molecular formula is C15H21N5O. The highest BCUT2D eigenvalue weighted by Crippen LogP contribution is 2.05. The Kier molecular flexibility index (Phi) is 5.45. The first-order chi connectivity index (χ1) is 10.2. The fourth-order valence-electron chi connectivity index (χ4n) is 1.89. The quantitative estimate of drug-likeness (QED) is 0.766. The van der Waals surface area contributed by atoms with Crippen LogP contribution in [0, 0.1) is 0 Å². The molecule has 0 aliphatic rings. The van der Waals surface area contributed by atoms with E-state index in [-0.39, 0.29) is 5.56 Å². The minimum absolute atomic E-state index is 0.0764. The molecule has 6 heteroatoms. The van der Waals surface area contributed by atoms with E-state index in [0.717, 1.165) is 17.9 Å². The first-order valence-electron chi connectivity index (χ1n) is 7.09. The number of nitrogens with one attached hydrogen (secondary N) is 1. The first-order valence-corrected chi connectivity index (χ1v) is 7.09. The van der Waals surface area contributed by atoms with Crippen molar-refractivity contribution >= 4 is 5.69 Å². The number of aromatic nitrogens is 3. The van der Waals surface area contributed by atoms with Crippen LogP contribution in [0.2, 0.25) is 0 Å². The minimum Gasteiger partial charge on any atom is -0.373 e. The largest absolute Gasteiger partial charge is 0.373 e. The van der Waals surface area contributed by atoms with Crippen LogP contribution >= 0.6 is 0 Å². The lowest BCUT2D eigenvalue weighted by atomic mass is 10.3. The molecule has 2 aromatic rings. The molecule has 0 aromatic carbocycles. The highest BCUT2D eigenvalue weighted by molar-refractivity contribution is 5.41. The first kappa shape index (κ1) is 15.2. The summed E-state index contributed by atoms with van der Waals surface area (Å²) in [6.07, 6.45) is 3.50. The summed E-state index contributed by atoms with van der Waals surface area (Å²) in [6.45, 7) is 4.78. The third kappa shape index (κ3) is 4.39. The molecule has 21 heavy (non-hydrogen) atoms. The molecule has 0 spiro atoms. The molecule has 1 N–H and O–H groups in total. The fourth-order valence-corrected chi connectivity index (χ4v) is 1.89. The highest BCUT2D eigenvalue weighted by atomic mass is 16.1. The van der Waals surface area contributed by atoms with Gasteiger partial charge in [-0.1, -0.05) is 6.07 Å². The average molecular weight is 287 g/mol. The second-order valence-electron chi connectivity index (χ2n) is 4.79. The molecule has 2 heterocycles. The number of rotatable bonds is 7. The molecule has 0 aliphatic heterocycles. The lowest BCUT2D eigenvalue weighted by molar-refractivity contribution is 0.529. The number of pyridine rings is 1. The molecule has 2 aromatic heterocycles. The molecular weight excluding hydrogens is 266 g/mol. The van der Waals surface area contributed by atoms with Crippen LogP contribution in [0.5, 0.6) is 0 Å². The number of hydrogen-bond donors (Lipinski definition) is 1. The van der Waals surface area contributed by atoms with Gasteiger partial charge in [-0.15, -0.1) is 0 Å². The molecule has 0 fully saturated rings. The van der Waals surface area contributed by atoms with Crippen LogP contribution in [0.3, 0.4) is 0 Å². The molecule has 0 radical (unpaired) electrons. The number of anilines is 1. The van der Waals surface area contributed by atoms with Crippen molar-refractivity contribution < 1.29 is 0 Å². The zero-order valence-electron chi connectivity index (χ0n) is 12.5. The topological polar surface area (TPSA) is 63.1 Å². The van der Waals surface area contributed by atoms with Gasteiger partial charge in [-0.05, 0) is 19.1 Å². The van der Waals surface area contributed by atoms with E-state index in [9.17, 15) is 4.79 Å². The van der Waals surface area contributed by atoms with Crippen molar-refractivity contribution in [3.05, 3.63) is 52.7 Å². The molecule has 2 rings (SSSR count). The van der Waals surface area contributed by atoms with Crippen LogP contribution < -0.4 is 15.8 Å². The Morgan fingerprint density at radius 1 is 1.38 bits per heavy atom. The van der Waals surface area contributed by atoms with Crippen LogP contribution in [0.1, 0.15) is 12.6 Å². The van der Waals surface area contributed by atoms with Crippen LogP contribution in [-0.4, -0.2) is 34.9 Å². The summed E-state index contributed by atoms with van der Waals surface area (Å²) < 4.78 is 1.47. The Morgan fingerprint density at radius 3 is 2.90 bits per heavy atom. The molecule has 0 amide bonds. The molecule has 0 saturated carbocycles. The second-order valence-corrected chi connectivity index (χ2v) is 4.79. The Bertz CT molecular complexity index is 611. The van der Waals surface area contributed by atoms with Crippen molar-refractivity contribution in [2.45, 2.75) is 20.0 Å². The van der Waals surface area contributed by atoms with Gasteiger partial charge in [0.1, 0.15) is 0 Å². The summed E-state index contributed by atoms with van der Waals surface area (Å²) >= 11 is 0. The zero-order valence-corrected chi connectivity index (χ0v) is 12.5. The lowest BCUT2D eigenvalue weighted by Crippen LogP contribution is -2.29. The van der Waals surface area contributed by atoms with E-state index in [4.69, 9.17) is 0 Å². The Labute approximate surface area is 124 Å². The summed E-state index contributed by atoms with van der Waals surface area (Å²) in [7, 11) is 1.94. The van der Waals surface area contributed by atoms with Crippen molar-refractivity contribution in [2.75, 3.05) is 25.0 Å². The maximum Gasteiger partial charge on any atom is 0.268 e. The average Bonchev–Trinajstić information content (AvgIpc) is 2.53. The van der Waals surface area contributed by atoms with Gasteiger partial charge in [0.25, 0.3) is 5.56 Å². The van der Waals surface area contributed by atoms with Gasteiger partial charge in [-0.3, -0.25) is 9.78 Å². The van der Waals surface area contributed by atoms with Crippen LogP contribution in [-0.2, 0) is 13.1 Å². The Morgan fingerprint density at radius 2 is 2.24 bits per heavy atom. The van der Waals surface area contributed by atoms with E-state index in [1.54, 1.807) is 18.5 Å². The van der Waals surface area contributed by atoms with E-state index in [0.29, 0.717) is 19.6 Å². The summed E-state index contributed by atoms with van der Waals surface area (Å²) in [5.41, 5.74) is 1.75. The summed E-state index contributed by atoms with van der Waals surface area (Å²) in [6, 6.07) is 7.43. The predicted octanol–water partition coefficient (Wildman–Crippen LogP) is 0.884. The molecule has 112 valence electrons. The van der Waals surface area contributed by atoms with Crippen molar-refractivity contribution in [3.8, 4) is 0 Å². The molecule has 0 saturated heterocycles. The third-order valence-electron chi connectivity index (χ3n) is 3.30. The standard InChI is InChI=1S/C15H21N5O/c1-3-19(2)14-10-15(21)20(18-12-14)9-8-16-11-13-6-4-5-7-17-13/h4-7,10,12,16H,3,8-9,11H2,1-2H3. The molecule has 6 nitrogen and oxygen atoms in total. The second kappa shape index (κ2) is 7.54. The van der Waals surface area contributed by atoms with E-state index in [1.807, 2.05) is 37.1 Å². The maximum absolute atomic E-state index is 12.0. The predicted molar refractivity (Wildman–Crippen MR) is 83.4 cm³/mol. The number of hydrogen-bond acceptors (Lipinski definition) is 5. The zero-order chi connectivity index (χ0) is 15.1. The number of nitrogens with zero attached hydrogens (tertiary/aromatic N) is 4. The summed E-state index contributed by atoms with van der Waals surface area (Å²) in [5.74, 6) is 0. The third-order valence-corrected chi connectivity index (χ3v) is 3.30. The van der Waals surface area contributed by atoms with Crippen molar-refractivity contribution in [1.82, 2.24) is 20.1 Å². The molecule has 0 bridgehead atoms. The molecule has 0 unspecified atom stereocenters.